The molecule has 1 unspecified atom stereocenters. The molecule has 1 N–H and O–H groups in total. The van der Waals surface area contributed by atoms with E-state index in [-0.39, 0.29) is 6.04 Å². The Hall–Kier alpha value is -2.55. The quantitative estimate of drug-likeness (QED) is 0.758. The van der Waals surface area contributed by atoms with Gasteiger partial charge in [-0.3, -0.25) is 0 Å². The van der Waals surface area contributed by atoms with Crippen molar-refractivity contribution in [3.63, 3.8) is 0 Å². The first kappa shape index (κ1) is 15.9. The normalized spacial score (nSPS) is 20.9. The molecule has 0 bridgehead atoms. The van der Waals surface area contributed by atoms with E-state index in [0.29, 0.717) is 25.2 Å². The lowest BCUT2D eigenvalue weighted by Gasteiger charge is -2.21. The second-order valence-electron chi connectivity index (χ2n) is 6.78. The highest BCUT2D eigenvalue weighted by Gasteiger charge is 2.41. The Morgan fingerprint density at radius 3 is 2.84 bits per heavy atom. The van der Waals surface area contributed by atoms with Gasteiger partial charge >= 0.3 is 0 Å². The largest absolute Gasteiger partial charge is 0.381 e. The molecule has 1 atom stereocenters. The van der Waals surface area contributed by atoms with Gasteiger partial charge in [0.05, 0.1) is 19.1 Å². The Bertz CT molecular complexity index is 901. The van der Waals surface area contributed by atoms with Crippen molar-refractivity contribution in [1.29, 1.82) is 0 Å². The Labute approximate surface area is 145 Å². The molecule has 0 saturated carbocycles. The Balaban J connectivity index is 1.65. The molecule has 3 aromatic heterocycles. The van der Waals surface area contributed by atoms with Gasteiger partial charge in [0.25, 0.3) is 0 Å². The number of nitrogens with zero attached hydrogens (tertiary/aromatic N) is 8. The van der Waals surface area contributed by atoms with Crippen LogP contribution >= 0.6 is 0 Å². The summed E-state index contributed by atoms with van der Waals surface area (Å²) in [5.74, 6) is 0.754. The zero-order valence-electron chi connectivity index (χ0n) is 14.7. The van der Waals surface area contributed by atoms with Gasteiger partial charge in [0, 0.05) is 25.6 Å². The van der Waals surface area contributed by atoms with Crippen LogP contribution in [0.3, 0.4) is 0 Å². The van der Waals surface area contributed by atoms with Gasteiger partial charge in [0.1, 0.15) is 17.6 Å². The summed E-state index contributed by atoms with van der Waals surface area (Å²) in [7, 11) is 0. The molecule has 1 saturated heterocycles. The maximum atomic E-state index is 11.1. The number of aliphatic hydroxyl groups is 1. The number of anilines is 1. The Morgan fingerprint density at radius 2 is 2.12 bits per heavy atom. The summed E-state index contributed by atoms with van der Waals surface area (Å²) in [5, 5.41) is 19.4. The van der Waals surface area contributed by atoms with Crippen LogP contribution in [0.15, 0.2) is 18.9 Å². The van der Waals surface area contributed by atoms with Gasteiger partial charge in [0.15, 0.2) is 17.0 Å². The molecular weight excluding hydrogens is 320 g/mol. The fraction of sp³-hybridized carbons (Fsp3) is 0.562. The predicted molar refractivity (Wildman–Crippen MR) is 92.1 cm³/mol. The summed E-state index contributed by atoms with van der Waals surface area (Å²) in [6, 6.07) is 0.210. The minimum absolute atomic E-state index is 0.210. The topological polar surface area (TPSA) is 97.8 Å². The number of aryl methyl sites for hydroxylation is 1. The number of imidazole rings is 1. The van der Waals surface area contributed by atoms with Crippen molar-refractivity contribution >= 4 is 17.0 Å². The molecule has 0 aromatic carbocycles. The monoisotopic (exact) mass is 342 g/mol. The maximum Gasteiger partial charge on any atom is 0.165 e. The summed E-state index contributed by atoms with van der Waals surface area (Å²) in [5.41, 5.74) is 1.15. The molecule has 4 heterocycles. The first-order valence-corrected chi connectivity index (χ1v) is 8.57. The lowest BCUT2D eigenvalue weighted by Crippen LogP contribution is -2.31. The van der Waals surface area contributed by atoms with Gasteiger partial charge in [0.2, 0.25) is 0 Å². The van der Waals surface area contributed by atoms with E-state index in [1.807, 2.05) is 29.5 Å². The van der Waals surface area contributed by atoms with E-state index in [1.165, 1.54) is 0 Å². The molecule has 1 aliphatic rings. The van der Waals surface area contributed by atoms with E-state index < -0.39 is 5.60 Å². The van der Waals surface area contributed by atoms with Crippen molar-refractivity contribution in [3.8, 4) is 0 Å². The van der Waals surface area contributed by atoms with Crippen LogP contribution in [0.25, 0.3) is 11.2 Å². The average Bonchev–Trinajstić information content (AvgIpc) is 3.32. The second-order valence-corrected chi connectivity index (χ2v) is 6.78. The SMILES string of the molecule is CCn1cnc2c(N3CCC(O)(c4cn(C(C)C)nn4)C3)ncnc21. The molecule has 25 heavy (non-hydrogen) atoms. The number of hydrogen-bond donors (Lipinski definition) is 1. The number of hydrogen-bond acceptors (Lipinski definition) is 7. The summed E-state index contributed by atoms with van der Waals surface area (Å²) in [4.78, 5) is 15.3. The van der Waals surface area contributed by atoms with E-state index in [0.717, 1.165) is 23.5 Å². The summed E-state index contributed by atoms with van der Waals surface area (Å²) >= 11 is 0. The molecule has 1 aliphatic heterocycles. The van der Waals surface area contributed by atoms with Crippen molar-refractivity contribution in [2.45, 2.75) is 45.4 Å². The second kappa shape index (κ2) is 5.76. The van der Waals surface area contributed by atoms with E-state index in [4.69, 9.17) is 0 Å². The molecule has 132 valence electrons. The van der Waals surface area contributed by atoms with Crippen molar-refractivity contribution in [2.24, 2.45) is 0 Å². The molecular formula is C16H22N8O. The third-order valence-corrected chi connectivity index (χ3v) is 4.79. The minimum atomic E-state index is -1.03. The molecule has 1 fully saturated rings. The zero-order chi connectivity index (χ0) is 17.6. The smallest absolute Gasteiger partial charge is 0.165 e. The summed E-state index contributed by atoms with van der Waals surface area (Å²) in [6.07, 6.45) is 5.73. The molecule has 0 radical (unpaired) electrons. The van der Waals surface area contributed by atoms with E-state index in [2.05, 4.69) is 32.2 Å². The van der Waals surface area contributed by atoms with Crippen LogP contribution in [0, 0.1) is 0 Å². The molecule has 9 heteroatoms. The number of β-amino-alcohol motifs (C(OH)–C–C–N with tert-alkyl or cyclic N) is 1. The predicted octanol–water partition coefficient (Wildman–Crippen LogP) is 1.12. The summed E-state index contributed by atoms with van der Waals surface area (Å²) < 4.78 is 3.75. The number of fused-ring (bicyclic) bond motifs is 1. The standard InChI is InChI=1S/C16H22N8O/c1-4-22-10-19-13-14(22)17-9-18-15(13)23-6-5-16(25,8-23)12-7-24(11(2)3)21-20-12/h7,9-11,25H,4-6,8H2,1-3H3. The maximum absolute atomic E-state index is 11.1. The number of rotatable bonds is 4. The van der Waals surface area contributed by atoms with Crippen LogP contribution in [-0.2, 0) is 12.1 Å². The van der Waals surface area contributed by atoms with Gasteiger partial charge in [-0.15, -0.1) is 5.10 Å². The highest BCUT2D eigenvalue weighted by atomic mass is 16.3. The lowest BCUT2D eigenvalue weighted by atomic mass is 10.00. The van der Waals surface area contributed by atoms with Crippen LogP contribution in [-0.4, -0.2) is 52.7 Å². The Morgan fingerprint density at radius 1 is 1.28 bits per heavy atom. The van der Waals surface area contributed by atoms with Gasteiger partial charge in [-0.1, -0.05) is 5.21 Å². The molecule has 4 rings (SSSR count). The van der Waals surface area contributed by atoms with E-state index in [9.17, 15) is 5.11 Å². The highest BCUT2D eigenvalue weighted by molar-refractivity contribution is 5.83. The average molecular weight is 342 g/mol. The molecule has 3 aromatic rings. The Kier molecular flexibility index (Phi) is 3.68. The first-order chi connectivity index (χ1) is 12.0. The van der Waals surface area contributed by atoms with Gasteiger partial charge < -0.3 is 14.6 Å². The van der Waals surface area contributed by atoms with Crippen LogP contribution in [0.5, 0.6) is 0 Å². The summed E-state index contributed by atoms with van der Waals surface area (Å²) in [6.45, 7) is 8.01. The zero-order valence-corrected chi connectivity index (χ0v) is 14.7. The molecule has 9 nitrogen and oxygen atoms in total. The minimum Gasteiger partial charge on any atom is -0.381 e. The molecule has 0 spiro atoms. The van der Waals surface area contributed by atoms with Crippen molar-refractivity contribution in [3.05, 3.63) is 24.5 Å². The van der Waals surface area contributed by atoms with Gasteiger partial charge in [-0.2, -0.15) is 0 Å². The fourth-order valence-corrected chi connectivity index (χ4v) is 3.26. The van der Waals surface area contributed by atoms with Crippen molar-refractivity contribution in [2.75, 3.05) is 18.0 Å². The van der Waals surface area contributed by atoms with Crippen LogP contribution < -0.4 is 4.90 Å². The van der Waals surface area contributed by atoms with Crippen molar-refractivity contribution < 1.29 is 5.11 Å². The third kappa shape index (κ3) is 2.55. The van der Waals surface area contributed by atoms with Gasteiger partial charge in [-0.25, -0.2) is 19.6 Å². The highest BCUT2D eigenvalue weighted by Crippen LogP contribution is 2.34. The van der Waals surface area contributed by atoms with Crippen LogP contribution in [0.4, 0.5) is 5.82 Å². The van der Waals surface area contributed by atoms with Crippen LogP contribution in [0.2, 0.25) is 0 Å². The molecule has 0 aliphatic carbocycles. The number of aromatic nitrogens is 7. The van der Waals surface area contributed by atoms with E-state index >= 15 is 0 Å². The third-order valence-electron chi connectivity index (χ3n) is 4.79. The van der Waals surface area contributed by atoms with Crippen molar-refractivity contribution in [1.82, 2.24) is 34.5 Å². The van der Waals surface area contributed by atoms with Gasteiger partial charge in [-0.05, 0) is 20.8 Å². The lowest BCUT2D eigenvalue weighted by molar-refractivity contribution is 0.0559. The van der Waals surface area contributed by atoms with Crippen LogP contribution in [0.1, 0.15) is 38.9 Å². The first-order valence-electron chi connectivity index (χ1n) is 8.57. The van der Waals surface area contributed by atoms with E-state index in [1.54, 1.807) is 17.3 Å². The fourth-order valence-electron chi connectivity index (χ4n) is 3.26. The molecule has 0 amide bonds.